The topological polar surface area (TPSA) is 105 Å². The van der Waals surface area contributed by atoms with Gasteiger partial charge >= 0.3 is 0 Å². The molecule has 0 spiro atoms. The molecular formula is C27H35N3O6S. The van der Waals surface area contributed by atoms with Crippen molar-refractivity contribution in [3.63, 3.8) is 0 Å². The molecule has 0 aliphatic carbocycles. The van der Waals surface area contributed by atoms with Crippen LogP contribution in [0.25, 0.3) is 0 Å². The molecule has 2 aliphatic rings. The lowest BCUT2D eigenvalue weighted by Gasteiger charge is -2.38. The van der Waals surface area contributed by atoms with Crippen molar-refractivity contribution in [3.05, 3.63) is 60.2 Å². The first-order chi connectivity index (χ1) is 17.7. The van der Waals surface area contributed by atoms with Crippen molar-refractivity contribution < 1.29 is 27.6 Å². The molecule has 1 N–H and O–H groups in total. The van der Waals surface area contributed by atoms with Gasteiger partial charge in [0, 0.05) is 25.6 Å². The number of nitrogens with zero attached hydrogens (tertiary/aromatic N) is 2. The fraction of sp³-hybridized carbons (Fsp3) is 0.481. The van der Waals surface area contributed by atoms with Crippen LogP contribution in [0.5, 0.6) is 5.75 Å². The molecule has 2 fully saturated rings. The fourth-order valence-electron chi connectivity index (χ4n) is 5.14. The number of ether oxygens (including phenoxy) is 1. The lowest BCUT2D eigenvalue weighted by molar-refractivity contribution is -0.138. The number of rotatable bonds is 9. The molecule has 9 nitrogen and oxygen atoms in total. The van der Waals surface area contributed by atoms with E-state index in [9.17, 15) is 18.0 Å². The number of hydroxylamine groups is 1. The molecule has 2 amide bonds. The lowest BCUT2D eigenvalue weighted by Crippen LogP contribution is -2.54. The predicted molar refractivity (Wildman–Crippen MR) is 138 cm³/mol. The molecule has 3 unspecified atom stereocenters. The first-order valence-electron chi connectivity index (χ1n) is 12.6. The van der Waals surface area contributed by atoms with Crippen molar-refractivity contribution in [3.8, 4) is 5.75 Å². The Balaban J connectivity index is 1.58. The van der Waals surface area contributed by atoms with Gasteiger partial charge in [-0.1, -0.05) is 44.2 Å². The second-order valence-electron chi connectivity index (χ2n) is 10.1. The minimum atomic E-state index is -4.05. The van der Waals surface area contributed by atoms with Crippen LogP contribution in [0.15, 0.2) is 59.5 Å². The number of sulfonamides is 1. The molecule has 4 rings (SSSR count). The summed E-state index contributed by atoms with van der Waals surface area (Å²) < 4.78 is 34.3. The Labute approximate surface area is 218 Å². The highest BCUT2D eigenvalue weighted by Gasteiger charge is 2.52. The summed E-state index contributed by atoms with van der Waals surface area (Å²) in [6.45, 7) is 4.95. The van der Waals surface area contributed by atoms with E-state index < -0.39 is 28.0 Å². The minimum absolute atomic E-state index is 0.00865. The van der Waals surface area contributed by atoms with Crippen LogP contribution in [0.1, 0.15) is 38.7 Å². The maximum Gasteiger partial charge on any atom is 0.262 e. The molecule has 2 aromatic rings. The second kappa shape index (κ2) is 11.6. The van der Waals surface area contributed by atoms with E-state index in [-0.39, 0.29) is 35.8 Å². The largest absolute Gasteiger partial charge is 0.497 e. The number of fused-ring (bicyclic) bond motifs is 1. The molecule has 200 valence electrons. The summed E-state index contributed by atoms with van der Waals surface area (Å²) in [4.78, 5) is 33.4. The average molecular weight is 530 g/mol. The van der Waals surface area contributed by atoms with Gasteiger partial charge in [0.2, 0.25) is 15.9 Å². The van der Waals surface area contributed by atoms with Crippen LogP contribution in [0.4, 0.5) is 0 Å². The molecule has 2 heterocycles. The van der Waals surface area contributed by atoms with Crippen molar-refractivity contribution >= 4 is 21.8 Å². The number of hydrogen-bond donors (Lipinski definition) is 1. The van der Waals surface area contributed by atoms with E-state index in [0.29, 0.717) is 31.6 Å². The van der Waals surface area contributed by atoms with E-state index in [1.54, 1.807) is 17.0 Å². The summed E-state index contributed by atoms with van der Waals surface area (Å²) in [5.74, 6) is 0.191. The zero-order valence-electron chi connectivity index (χ0n) is 21.5. The van der Waals surface area contributed by atoms with Gasteiger partial charge in [-0.05, 0) is 54.5 Å². The Bertz CT molecular complexity index is 1190. The van der Waals surface area contributed by atoms with Gasteiger partial charge in [0.25, 0.3) is 5.91 Å². The molecule has 37 heavy (non-hydrogen) atoms. The van der Waals surface area contributed by atoms with Crippen molar-refractivity contribution in [1.82, 2.24) is 14.7 Å². The highest BCUT2D eigenvalue weighted by Crippen LogP contribution is 2.40. The van der Waals surface area contributed by atoms with Crippen molar-refractivity contribution in [2.24, 2.45) is 11.8 Å². The summed E-state index contributed by atoms with van der Waals surface area (Å²) in [7, 11) is -2.55. The summed E-state index contributed by atoms with van der Waals surface area (Å²) in [5.41, 5.74) is 3.35. The molecule has 2 saturated heterocycles. The molecule has 2 aromatic carbocycles. The minimum Gasteiger partial charge on any atom is -0.497 e. The summed E-state index contributed by atoms with van der Waals surface area (Å²) in [5, 5.41) is 0. The smallest absolute Gasteiger partial charge is 0.262 e. The lowest BCUT2D eigenvalue weighted by atomic mass is 9.91. The van der Waals surface area contributed by atoms with E-state index in [4.69, 9.17) is 9.57 Å². The van der Waals surface area contributed by atoms with E-state index in [1.807, 2.05) is 44.2 Å². The standard InChI is InChI=1S/C27H35N3O6S/c1-19(2)15-26(31)29-14-13-21-16-24(27(32)28-36-18-20-7-5-4-6-8-20)30(25(21)17-29)37(33,34)23-11-9-22(35-3)10-12-23/h4-12,19,21,24-25H,13-18H2,1-3H3,(H,28,32). The van der Waals surface area contributed by atoms with Crippen molar-refractivity contribution in [2.45, 2.75) is 56.7 Å². The molecule has 0 bridgehead atoms. The molecule has 0 radical (unpaired) electrons. The van der Waals surface area contributed by atoms with E-state index in [1.165, 1.54) is 23.5 Å². The maximum atomic E-state index is 13.9. The maximum absolute atomic E-state index is 13.9. The monoisotopic (exact) mass is 529 g/mol. The summed E-state index contributed by atoms with van der Waals surface area (Å²) in [6, 6.07) is 14.1. The Morgan fingerprint density at radius 1 is 1.08 bits per heavy atom. The molecule has 3 atom stereocenters. The molecule has 2 aliphatic heterocycles. The van der Waals surface area contributed by atoms with Crippen LogP contribution in [0.3, 0.4) is 0 Å². The number of benzene rings is 2. The van der Waals surface area contributed by atoms with Crippen LogP contribution < -0.4 is 10.2 Å². The summed E-state index contributed by atoms with van der Waals surface area (Å²) >= 11 is 0. The normalized spacial score (nSPS) is 22.1. The van der Waals surface area contributed by atoms with Gasteiger partial charge in [-0.25, -0.2) is 13.9 Å². The van der Waals surface area contributed by atoms with Gasteiger partial charge in [0.1, 0.15) is 11.8 Å². The zero-order chi connectivity index (χ0) is 26.6. The Morgan fingerprint density at radius 2 is 1.78 bits per heavy atom. The second-order valence-corrected chi connectivity index (χ2v) is 11.9. The number of carbonyl (C=O) groups is 2. The molecule has 0 aromatic heterocycles. The SMILES string of the molecule is COc1ccc(S(=O)(=O)N2C(C(=O)NOCc3ccccc3)CC3CCN(C(=O)CC(C)C)CC32)cc1. The quantitative estimate of drug-likeness (QED) is 0.501. The fourth-order valence-corrected chi connectivity index (χ4v) is 6.98. The van der Waals surface area contributed by atoms with Gasteiger partial charge < -0.3 is 9.64 Å². The molecule has 0 saturated carbocycles. The van der Waals surface area contributed by atoms with Crippen LogP contribution >= 0.6 is 0 Å². The Kier molecular flexibility index (Phi) is 8.51. The number of carbonyl (C=O) groups excluding carboxylic acids is 2. The predicted octanol–water partition coefficient (Wildman–Crippen LogP) is 2.97. The van der Waals surface area contributed by atoms with Crippen LogP contribution in [-0.4, -0.2) is 61.7 Å². The number of hydrogen-bond acceptors (Lipinski definition) is 6. The van der Waals surface area contributed by atoms with Gasteiger partial charge in [-0.2, -0.15) is 4.31 Å². The van der Waals surface area contributed by atoms with Crippen LogP contribution in [-0.2, 0) is 31.1 Å². The van der Waals surface area contributed by atoms with E-state index in [2.05, 4.69) is 5.48 Å². The van der Waals surface area contributed by atoms with E-state index in [0.717, 1.165) is 5.56 Å². The van der Waals surface area contributed by atoms with Gasteiger partial charge in [0.15, 0.2) is 0 Å². The number of nitrogens with one attached hydrogen (secondary N) is 1. The van der Waals surface area contributed by atoms with Gasteiger partial charge in [0.05, 0.1) is 18.6 Å². The third kappa shape index (κ3) is 6.14. The first-order valence-corrected chi connectivity index (χ1v) is 14.1. The number of likely N-dealkylation sites (tertiary alicyclic amines) is 1. The number of methoxy groups -OCH3 is 1. The van der Waals surface area contributed by atoms with Crippen LogP contribution in [0.2, 0.25) is 0 Å². The van der Waals surface area contributed by atoms with Gasteiger partial charge in [-0.3, -0.25) is 14.4 Å². The summed E-state index contributed by atoms with van der Waals surface area (Å²) in [6.07, 6.45) is 1.41. The molecular weight excluding hydrogens is 494 g/mol. The third-order valence-corrected chi connectivity index (χ3v) is 8.96. The Hall–Kier alpha value is -2.95. The highest BCUT2D eigenvalue weighted by molar-refractivity contribution is 7.89. The number of amides is 2. The Morgan fingerprint density at radius 3 is 2.43 bits per heavy atom. The average Bonchev–Trinajstić information content (AvgIpc) is 3.29. The van der Waals surface area contributed by atoms with Gasteiger partial charge in [-0.15, -0.1) is 0 Å². The first kappa shape index (κ1) is 27.1. The highest BCUT2D eigenvalue weighted by atomic mass is 32.2. The number of piperidine rings is 1. The molecule has 10 heteroatoms. The van der Waals surface area contributed by atoms with Crippen molar-refractivity contribution in [1.29, 1.82) is 0 Å². The zero-order valence-corrected chi connectivity index (χ0v) is 22.3. The van der Waals surface area contributed by atoms with Crippen molar-refractivity contribution in [2.75, 3.05) is 20.2 Å². The third-order valence-electron chi connectivity index (χ3n) is 7.01. The van der Waals surface area contributed by atoms with E-state index >= 15 is 0 Å². The van der Waals surface area contributed by atoms with Crippen LogP contribution in [0, 0.1) is 11.8 Å².